The van der Waals surface area contributed by atoms with Crippen molar-refractivity contribution in [1.29, 1.82) is 0 Å². The van der Waals surface area contributed by atoms with E-state index in [9.17, 15) is 14.7 Å². The number of aliphatic carboxylic acids is 1. The largest absolute Gasteiger partial charge is 0.549 e. The van der Waals surface area contributed by atoms with Crippen LogP contribution in [0.4, 0.5) is 0 Å². The Morgan fingerprint density at radius 2 is 2.42 bits per heavy atom. The quantitative estimate of drug-likeness (QED) is 0.499. The third-order valence-electron chi connectivity index (χ3n) is 2.20. The van der Waals surface area contributed by atoms with Gasteiger partial charge < -0.3 is 14.8 Å². The minimum absolute atomic E-state index is 0.288. The highest BCUT2D eigenvalue weighted by Crippen LogP contribution is 2.16. The number of amides is 1. The standard InChI is InChI=1S/C8H13NO3/c1-2-9-5-3-4-6(7(9)10)8(11)12/h6H,2-5H2,1H3,(H,11,12)/p-1. The predicted octanol–water partition coefficient (Wildman–Crippen LogP) is -1.01. The number of likely N-dealkylation sites (tertiary alicyclic amines) is 1. The zero-order valence-corrected chi connectivity index (χ0v) is 7.08. The number of piperidine rings is 1. The number of hydrogen-bond acceptors (Lipinski definition) is 3. The van der Waals surface area contributed by atoms with Crippen LogP contribution in [0.1, 0.15) is 19.8 Å². The fourth-order valence-corrected chi connectivity index (χ4v) is 1.47. The maximum absolute atomic E-state index is 11.3. The predicted molar refractivity (Wildman–Crippen MR) is 40.0 cm³/mol. The Kier molecular flexibility index (Phi) is 2.68. The first-order valence-corrected chi connectivity index (χ1v) is 4.16. The molecule has 0 bridgehead atoms. The van der Waals surface area contributed by atoms with Gasteiger partial charge >= 0.3 is 0 Å². The van der Waals surface area contributed by atoms with E-state index in [0.717, 1.165) is 6.42 Å². The summed E-state index contributed by atoms with van der Waals surface area (Å²) in [5.41, 5.74) is 0. The Balaban J connectivity index is 2.66. The van der Waals surface area contributed by atoms with E-state index in [1.54, 1.807) is 4.90 Å². The van der Waals surface area contributed by atoms with Crippen molar-refractivity contribution in [2.75, 3.05) is 13.1 Å². The molecule has 0 aliphatic carbocycles. The van der Waals surface area contributed by atoms with Gasteiger partial charge in [0, 0.05) is 13.1 Å². The Morgan fingerprint density at radius 3 is 2.92 bits per heavy atom. The van der Waals surface area contributed by atoms with Crippen LogP contribution in [0, 0.1) is 5.92 Å². The summed E-state index contributed by atoms with van der Waals surface area (Å²) in [6.07, 6.45) is 1.19. The van der Waals surface area contributed by atoms with Crippen molar-refractivity contribution >= 4 is 11.9 Å². The molecule has 1 atom stereocenters. The van der Waals surface area contributed by atoms with Gasteiger partial charge in [-0.2, -0.15) is 0 Å². The average molecular weight is 170 g/mol. The van der Waals surface area contributed by atoms with E-state index in [4.69, 9.17) is 0 Å². The zero-order valence-electron chi connectivity index (χ0n) is 7.08. The summed E-state index contributed by atoms with van der Waals surface area (Å²) in [6, 6.07) is 0. The minimum Gasteiger partial charge on any atom is -0.549 e. The third kappa shape index (κ3) is 1.57. The first-order valence-electron chi connectivity index (χ1n) is 4.16. The van der Waals surface area contributed by atoms with Crippen LogP contribution >= 0.6 is 0 Å². The summed E-state index contributed by atoms with van der Waals surface area (Å²) >= 11 is 0. The van der Waals surface area contributed by atoms with Crippen LogP contribution in [-0.2, 0) is 9.59 Å². The second-order valence-corrected chi connectivity index (χ2v) is 2.93. The molecule has 0 aromatic heterocycles. The van der Waals surface area contributed by atoms with Crippen molar-refractivity contribution in [3.63, 3.8) is 0 Å². The van der Waals surface area contributed by atoms with Gasteiger partial charge in [0.25, 0.3) is 0 Å². The van der Waals surface area contributed by atoms with Crippen LogP contribution in [0.2, 0.25) is 0 Å². The maximum Gasteiger partial charge on any atom is 0.231 e. The van der Waals surface area contributed by atoms with Crippen LogP contribution in [0.3, 0.4) is 0 Å². The lowest BCUT2D eigenvalue weighted by molar-refractivity contribution is -0.311. The molecule has 1 aliphatic heterocycles. The fraction of sp³-hybridized carbons (Fsp3) is 0.750. The van der Waals surface area contributed by atoms with Gasteiger partial charge in [-0.15, -0.1) is 0 Å². The van der Waals surface area contributed by atoms with E-state index in [-0.39, 0.29) is 5.91 Å². The summed E-state index contributed by atoms with van der Waals surface area (Å²) < 4.78 is 0. The highest BCUT2D eigenvalue weighted by Gasteiger charge is 2.28. The highest BCUT2D eigenvalue weighted by atomic mass is 16.4. The molecule has 1 amide bonds. The molecule has 1 saturated heterocycles. The van der Waals surface area contributed by atoms with Crippen molar-refractivity contribution in [3.05, 3.63) is 0 Å². The molecule has 0 spiro atoms. The monoisotopic (exact) mass is 170 g/mol. The molecule has 4 heteroatoms. The van der Waals surface area contributed by atoms with Gasteiger partial charge in [-0.05, 0) is 19.8 Å². The van der Waals surface area contributed by atoms with Gasteiger partial charge in [-0.3, -0.25) is 4.79 Å². The van der Waals surface area contributed by atoms with Crippen molar-refractivity contribution in [3.8, 4) is 0 Å². The summed E-state index contributed by atoms with van der Waals surface area (Å²) in [6.45, 7) is 3.11. The van der Waals surface area contributed by atoms with Gasteiger partial charge in [-0.25, -0.2) is 0 Å². The molecule has 1 fully saturated rings. The lowest BCUT2D eigenvalue weighted by Gasteiger charge is -2.31. The van der Waals surface area contributed by atoms with E-state index in [1.807, 2.05) is 6.92 Å². The van der Waals surface area contributed by atoms with E-state index in [2.05, 4.69) is 0 Å². The second-order valence-electron chi connectivity index (χ2n) is 2.93. The van der Waals surface area contributed by atoms with Gasteiger partial charge in [0.05, 0.1) is 11.9 Å². The molecule has 0 aromatic carbocycles. The van der Waals surface area contributed by atoms with Gasteiger partial charge in [0.15, 0.2) is 0 Å². The number of nitrogens with zero attached hydrogens (tertiary/aromatic N) is 1. The average Bonchev–Trinajstić information content (AvgIpc) is 2.04. The molecule has 0 radical (unpaired) electrons. The second kappa shape index (κ2) is 3.56. The first-order chi connectivity index (χ1) is 5.66. The Labute approximate surface area is 71.2 Å². The smallest absolute Gasteiger partial charge is 0.231 e. The zero-order chi connectivity index (χ0) is 9.14. The third-order valence-corrected chi connectivity index (χ3v) is 2.20. The number of carbonyl (C=O) groups is 2. The maximum atomic E-state index is 11.3. The van der Waals surface area contributed by atoms with Crippen LogP contribution in [0.5, 0.6) is 0 Å². The number of carboxylic acid groups (broad SMARTS) is 1. The topological polar surface area (TPSA) is 60.4 Å². The number of carbonyl (C=O) groups excluding carboxylic acids is 2. The molecule has 1 aliphatic rings. The van der Waals surface area contributed by atoms with Crippen molar-refractivity contribution in [2.45, 2.75) is 19.8 Å². The van der Waals surface area contributed by atoms with Crippen LogP contribution in [-0.4, -0.2) is 29.9 Å². The summed E-state index contributed by atoms with van der Waals surface area (Å²) in [5.74, 6) is -2.43. The summed E-state index contributed by atoms with van der Waals surface area (Å²) in [4.78, 5) is 23.3. The molecule has 12 heavy (non-hydrogen) atoms. The molecule has 1 heterocycles. The van der Waals surface area contributed by atoms with E-state index >= 15 is 0 Å². The molecule has 4 nitrogen and oxygen atoms in total. The van der Waals surface area contributed by atoms with Crippen LogP contribution in [0.15, 0.2) is 0 Å². The van der Waals surface area contributed by atoms with Gasteiger partial charge in [-0.1, -0.05) is 0 Å². The Morgan fingerprint density at radius 1 is 1.75 bits per heavy atom. The highest BCUT2D eigenvalue weighted by molar-refractivity contribution is 5.96. The van der Waals surface area contributed by atoms with E-state index < -0.39 is 11.9 Å². The molecule has 0 saturated carbocycles. The van der Waals surface area contributed by atoms with Gasteiger partial charge in [0.1, 0.15) is 0 Å². The molecule has 1 rings (SSSR count). The Hall–Kier alpha value is -1.06. The summed E-state index contributed by atoms with van der Waals surface area (Å²) in [5, 5.41) is 10.5. The van der Waals surface area contributed by atoms with Gasteiger partial charge in [0.2, 0.25) is 5.91 Å². The number of carboxylic acids is 1. The molecular weight excluding hydrogens is 158 g/mol. The van der Waals surface area contributed by atoms with Crippen molar-refractivity contribution in [1.82, 2.24) is 4.90 Å². The normalized spacial score (nSPS) is 24.2. The van der Waals surface area contributed by atoms with Crippen LogP contribution in [0.25, 0.3) is 0 Å². The lowest BCUT2D eigenvalue weighted by atomic mass is 9.97. The molecular formula is C8H12NO3-. The molecule has 1 unspecified atom stereocenters. The van der Waals surface area contributed by atoms with Crippen LogP contribution < -0.4 is 5.11 Å². The minimum atomic E-state index is -1.24. The Bertz CT molecular complexity index is 202. The van der Waals surface area contributed by atoms with Crippen molar-refractivity contribution in [2.24, 2.45) is 5.92 Å². The van der Waals surface area contributed by atoms with E-state index in [0.29, 0.717) is 19.5 Å². The fourth-order valence-electron chi connectivity index (χ4n) is 1.47. The number of rotatable bonds is 2. The first kappa shape index (κ1) is 9.03. The molecule has 0 aromatic rings. The molecule has 68 valence electrons. The summed E-state index contributed by atoms with van der Waals surface area (Å²) in [7, 11) is 0. The van der Waals surface area contributed by atoms with Crippen molar-refractivity contribution < 1.29 is 14.7 Å². The lowest BCUT2D eigenvalue weighted by Crippen LogP contribution is -2.48. The van der Waals surface area contributed by atoms with E-state index in [1.165, 1.54) is 0 Å². The number of hydrogen-bond donors (Lipinski definition) is 0. The molecule has 0 N–H and O–H groups in total. The SMILES string of the molecule is CCN1CCCC(C(=O)[O-])C1=O.